The highest BCUT2D eigenvalue weighted by atomic mass is 16.5. The molecule has 3 amide bonds. The van der Waals surface area contributed by atoms with Gasteiger partial charge in [-0.3, -0.25) is 4.79 Å². The van der Waals surface area contributed by atoms with Gasteiger partial charge in [-0.25, -0.2) is 4.79 Å². The van der Waals surface area contributed by atoms with Crippen LogP contribution in [0.25, 0.3) is 0 Å². The minimum absolute atomic E-state index is 0.00140. The Kier molecular flexibility index (Phi) is 5.88. The van der Waals surface area contributed by atoms with E-state index in [9.17, 15) is 9.59 Å². The SMILES string of the molecule is CC(NC(=O)CC1COCCN1)c1ccc(NC(=O)NC2CC2)cc1. The monoisotopic (exact) mass is 346 g/mol. The van der Waals surface area contributed by atoms with Gasteiger partial charge in [0.2, 0.25) is 5.91 Å². The van der Waals surface area contributed by atoms with E-state index in [1.807, 2.05) is 31.2 Å². The van der Waals surface area contributed by atoms with Crippen LogP contribution in [0.5, 0.6) is 0 Å². The first-order valence-corrected chi connectivity index (χ1v) is 8.88. The number of hydrogen-bond acceptors (Lipinski definition) is 4. The highest BCUT2D eigenvalue weighted by Gasteiger charge is 2.23. The standard InChI is InChI=1S/C18H26N4O3/c1-12(20-17(23)10-16-11-25-9-8-19-16)13-2-4-14(5-3-13)21-18(24)22-15-6-7-15/h2-5,12,15-16,19H,6-11H2,1H3,(H,20,23)(H2,21,22,24). The molecule has 2 aliphatic rings. The molecule has 0 spiro atoms. The number of anilines is 1. The molecule has 4 N–H and O–H groups in total. The second-order valence-electron chi connectivity index (χ2n) is 6.71. The molecule has 1 heterocycles. The fourth-order valence-corrected chi connectivity index (χ4v) is 2.79. The summed E-state index contributed by atoms with van der Waals surface area (Å²) in [6.07, 6.45) is 2.53. The Morgan fingerprint density at radius 3 is 2.68 bits per heavy atom. The number of rotatable bonds is 6. The van der Waals surface area contributed by atoms with Crippen molar-refractivity contribution < 1.29 is 14.3 Å². The van der Waals surface area contributed by atoms with Crippen LogP contribution in [0, 0.1) is 0 Å². The van der Waals surface area contributed by atoms with E-state index in [4.69, 9.17) is 4.74 Å². The lowest BCUT2D eigenvalue weighted by molar-refractivity contribution is -0.122. The van der Waals surface area contributed by atoms with Gasteiger partial charge in [0.25, 0.3) is 0 Å². The van der Waals surface area contributed by atoms with Crippen LogP contribution in [0.1, 0.15) is 37.8 Å². The first-order chi connectivity index (χ1) is 12.1. The summed E-state index contributed by atoms with van der Waals surface area (Å²) in [5.74, 6) is 0.00140. The second-order valence-corrected chi connectivity index (χ2v) is 6.71. The Balaban J connectivity index is 1.45. The Labute approximate surface area is 147 Å². The van der Waals surface area contributed by atoms with Crippen LogP contribution in [0.15, 0.2) is 24.3 Å². The molecule has 2 fully saturated rings. The Hall–Kier alpha value is -2.12. The number of amides is 3. The molecule has 1 aliphatic carbocycles. The number of carbonyl (C=O) groups excluding carboxylic acids is 2. The number of benzene rings is 1. The molecule has 7 nitrogen and oxygen atoms in total. The normalized spacial score (nSPS) is 21.2. The highest BCUT2D eigenvalue weighted by molar-refractivity contribution is 5.89. The zero-order chi connectivity index (χ0) is 17.6. The van der Waals surface area contributed by atoms with Crippen LogP contribution in [0.4, 0.5) is 10.5 Å². The zero-order valence-corrected chi connectivity index (χ0v) is 14.5. The van der Waals surface area contributed by atoms with Crippen LogP contribution in [-0.4, -0.2) is 43.8 Å². The summed E-state index contributed by atoms with van der Waals surface area (Å²) in [7, 11) is 0. The molecule has 7 heteroatoms. The number of ether oxygens (including phenoxy) is 1. The summed E-state index contributed by atoms with van der Waals surface area (Å²) in [6, 6.07) is 7.68. The molecule has 2 unspecified atom stereocenters. The molecular formula is C18H26N4O3. The van der Waals surface area contributed by atoms with Crippen LogP contribution in [-0.2, 0) is 9.53 Å². The Morgan fingerprint density at radius 2 is 2.04 bits per heavy atom. The number of hydrogen-bond donors (Lipinski definition) is 4. The van der Waals surface area contributed by atoms with Crippen LogP contribution in [0.3, 0.4) is 0 Å². The van der Waals surface area contributed by atoms with Gasteiger partial charge in [-0.05, 0) is 37.5 Å². The van der Waals surface area contributed by atoms with Crippen molar-refractivity contribution in [1.82, 2.24) is 16.0 Å². The average molecular weight is 346 g/mol. The van der Waals surface area contributed by atoms with Crippen molar-refractivity contribution >= 4 is 17.6 Å². The number of carbonyl (C=O) groups is 2. The summed E-state index contributed by atoms with van der Waals surface area (Å²) in [5, 5.41) is 12.0. The molecule has 0 radical (unpaired) electrons. The summed E-state index contributed by atoms with van der Waals surface area (Å²) in [4.78, 5) is 23.9. The molecular weight excluding hydrogens is 320 g/mol. The van der Waals surface area contributed by atoms with Crippen LogP contribution < -0.4 is 21.3 Å². The van der Waals surface area contributed by atoms with Crippen molar-refractivity contribution in [2.75, 3.05) is 25.1 Å². The predicted molar refractivity (Wildman–Crippen MR) is 95.4 cm³/mol. The Bertz CT molecular complexity index is 595. The van der Waals surface area contributed by atoms with Gasteiger partial charge in [-0.2, -0.15) is 0 Å². The molecule has 3 rings (SSSR count). The molecule has 0 aromatic heterocycles. The lowest BCUT2D eigenvalue weighted by Gasteiger charge is -2.24. The van der Waals surface area contributed by atoms with Crippen molar-refractivity contribution in [2.24, 2.45) is 0 Å². The highest BCUT2D eigenvalue weighted by Crippen LogP contribution is 2.19. The summed E-state index contributed by atoms with van der Waals surface area (Å²) < 4.78 is 5.36. The summed E-state index contributed by atoms with van der Waals surface area (Å²) in [6.45, 7) is 4.01. The maximum Gasteiger partial charge on any atom is 0.319 e. The third-order valence-corrected chi connectivity index (χ3v) is 4.39. The van der Waals surface area contributed by atoms with Gasteiger partial charge in [0.1, 0.15) is 0 Å². The topological polar surface area (TPSA) is 91.5 Å². The van der Waals surface area contributed by atoms with Gasteiger partial charge >= 0.3 is 6.03 Å². The van der Waals surface area contributed by atoms with Crippen molar-refractivity contribution in [3.63, 3.8) is 0 Å². The first kappa shape index (κ1) is 17.7. The van der Waals surface area contributed by atoms with E-state index in [2.05, 4.69) is 21.3 Å². The molecule has 1 saturated heterocycles. The van der Waals surface area contributed by atoms with E-state index in [1.54, 1.807) is 0 Å². The number of urea groups is 1. The van der Waals surface area contributed by atoms with E-state index in [-0.39, 0.29) is 24.0 Å². The number of morpholine rings is 1. The van der Waals surface area contributed by atoms with E-state index in [0.717, 1.165) is 30.6 Å². The smallest absolute Gasteiger partial charge is 0.319 e. The van der Waals surface area contributed by atoms with E-state index >= 15 is 0 Å². The van der Waals surface area contributed by atoms with Crippen molar-refractivity contribution in [2.45, 2.75) is 44.3 Å². The molecule has 136 valence electrons. The van der Waals surface area contributed by atoms with Crippen LogP contribution >= 0.6 is 0 Å². The molecule has 0 bridgehead atoms. The molecule has 1 saturated carbocycles. The van der Waals surface area contributed by atoms with Crippen molar-refractivity contribution in [3.05, 3.63) is 29.8 Å². The lowest BCUT2D eigenvalue weighted by atomic mass is 10.1. The predicted octanol–water partition coefficient (Wildman–Crippen LogP) is 1.53. The lowest BCUT2D eigenvalue weighted by Crippen LogP contribution is -2.44. The second kappa shape index (κ2) is 8.31. The fourth-order valence-electron chi connectivity index (χ4n) is 2.79. The van der Waals surface area contributed by atoms with Crippen LogP contribution in [0.2, 0.25) is 0 Å². The maximum absolute atomic E-state index is 12.1. The van der Waals surface area contributed by atoms with Gasteiger partial charge in [0, 0.05) is 30.7 Å². The molecule has 1 aliphatic heterocycles. The zero-order valence-electron chi connectivity index (χ0n) is 14.5. The summed E-state index contributed by atoms with van der Waals surface area (Å²) in [5.41, 5.74) is 1.73. The van der Waals surface area contributed by atoms with Gasteiger partial charge in [-0.15, -0.1) is 0 Å². The van der Waals surface area contributed by atoms with Gasteiger partial charge < -0.3 is 26.0 Å². The van der Waals surface area contributed by atoms with Crippen molar-refractivity contribution in [3.8, 4) is 0 Å². The molecule has 2 atom stereocenters. The van der Waals surface area contributed by atoms with E-state index in [0.29, 0.717) is 25.7 Å². The average Bonchev–Trinajstić information content (AvgIpc) is 3.40. The minimum atomic E-state index is -0.168. The third-order valence-electron chi connectivity index (χ3n) is 4.39. The largest absolute Gasteiger partial charge is 0.378 e. The molecule has 1 aromatic rings. The summed E-state index contributed by atoms with van der Waals surface area (Å²) >= 11 is 0. The van der Waals surface area contributed by atoms with E-state index < -0.39 is 0 Å². The van der Waals surface area contributed by atoms with Gasteiger partial charge in [-0.1, -0.05) is 12.1 Å². The Morgan fingerprint density at radius 1 is 1.28 bits per heavy atom. The van der Waals surface area contributed by atoms with Gasteiger partial charge in [0.15, 0.2) is 0 Å². The third kappa shape index (κ3) is 5.72. The maximum atomic E-state index is 12.1. The van der Waals surface area contributed by atoms with Crippen molar-refractivity contribution in [1.29, 1.82) is 0 Å². The minimum Gasteiger partial charge on any atom is -0.378 e. The molecule has 1 aromatic carbocycles. The fraction of sp³-hybridized carbons (Fsp3) is 0.556. The number of nitrogens with one attached hydrogen (secondary N) is 4. The van der Waals surface area contributed by atoms with Gasteiger partial charge in [0.05, 0.1) is 19.3 Å². The quantitative estimate of drug-likeness (QED) is 0.629. The first-order valence-electron chi connectivity index (χ1n) is 8.88. The molecule has 25 heavy (non-hydrogen) atoms. The van der Waals surface area contributed by atoms with E-state index in [1.165, 1.54) is 0 Å².